The molecule has 3 aromatic rings. The van der Waals surface area contributed by atoms with E-state index in [2.05, 4.69) is 46.8 Å². The molecule has 2 aromatic carbocycles. The van der Waals surface area contributed by atoms with Gasteiger partial charge in [0.15, 0.2) is 5.78 Å². The first-order valence-electron chi connectivity index (χ1n) is 9.02. The van der Waals surface area contributed by atoms with Crippen LogP contribution >= 0.6 is 0 Å². The lowest BCUT2D eigenvalue weighted by Crippen LogP contribution is -2.23. The summed E-state index contributed by atoms with van der Waals surface area (Å²) in [7, 11) is 0. The highest BCUT2D eigenvalue weighted by atomic mass is 16.1. The summed E-state index contributed by atoms with van der Waals surface area (Å²) in [5, 5.41) is 11.8. The molecule has 26 heavy (non-hydrogen) atoms. The second-order valence-corrected chi connectivity index (χ2v) is 6.89. The largest absolute Gasteiger partial charge is 0.384 e. The molecule has 0 bridgehead atoms. The highest BCUT2D eigenvalue weighted by molar-refractivity contribution is 5.87. The van der Waals surface area contributed by atoms with E-state index < -0.39 is 0 Å². The SMILES string of the molecule is Cc1ccc(NC[C@@H]2CCC(n3cc(-c4ccccc4)nn3)C2=O)cc1. The number of hydrogen-bond donors (Lipinski definition) is 1. The maximum absolute atomic E-state index is 12.8. The van der Waals surface area contributed by atoms with E-state index in [9.17, 15) is 4.79 Å². The van der Waals surface area contributed by atoms with E-state index in [1.54, 1.807) is 4.68 Å². The van der Waals surface area contributed by atoms with Gasteiger partial charge in [-0.05, 0) is 31.9 Å². The minimum absolute atomic E-state index is 0.0191. The average Bonchev–Trinajstić information content (AvgIpc) is 3.29. The van der Waals surface area contributed by atoms with Gasteiger partial charge in [0, 0.05) is 23.7 Å². The molecule has 132 valence electrons. The number of rotatable bonds is 5. The lowest BCUT2D eigenvalue weighted by Gasteiger charge is -2.12. The number of nitrogens with zero attached hydrogens (tertiary/aromatic N) is 3. The van der Waals surface area contributed by atoms with Gasteiger partial charge in [0.25, 0.3) is 0 Å². The van der Waals surface area contributed by atoms with Gasteiger partial charge in [-0.3, -0.25) is 4.79 Å². The highest BCUT2D eigenvalue weighted by Crippen LogP contribution is 2.31. The molecule has 1 heterocycles. The van der Waals surface area contributed by atoms with Gasteiger partial charge in [-0.1, -0.05) is 53.2 Å². The lowest BCUT2D eigenvalue weighted by atomic mass is 10.1. The second kappa shape index (κ2) is 7.12. The van der Waals surface area contributed by atoms with Crippen molar-refractivity contribution in [1.82, 2.24) is 15.0 Å². The van der Waals surface area contributed by atoms with Crippen molar-refractivity contribution < 1.29 is 4.79 Å². The molecule has 0 spiro atoms. The van der Waals surface area contributed by atoms with Crippen LogP contribution in [0.4, 0.5) is 5.69 Å². The van der Waals surface area contributed by atoms with Crippen molar-refractivity contribution in [3.63, 3.8) is 0 Å². The fraction of sp³-hybridized carbons (Fsp3) is 0.286. The van der Waals surface area contributed by atoms with Gasteiger partial charge in [-0.15, -0.1) is 5.10 Å². The minimum Gasteiger partial charge on any atom is -0.384 e. The monoisotopic (exact) mass is 346 g/mol. The maximum atomic E-state index is 12.8. The Morgan fingerprint density at radius 3 is 2.62 bits per heavy atom. The molecule has 5 nitrogen and oxygen atoms in total. The molecule has 1 N–H and O–H groups in total. The first-order valence-corrected chi connectivity index (χ1v) is 9.02. The standard InChI is InChI=1S/C21H22N4O/c1-15-7-10-18(11-8-15)22-13-17-9-12-20(21(17)26)25-14-19(23-24-25)16-5-3-2-4-6-16/h2-8,10-11,14,17,20,22H,9,12-13H2,1H3/t17-,20?/m0/s1. The number of aromatic nitrogens is 3. The summed E-state index contributed by atoms with van der Waals surface area (Å²) in [4.78, 5) is 12.8. The van der Waals surface area contributed by atoms with Crippen molar-refractivity contribution in [2.45, 2.75) is 25.8 Å². The molecule has 1 aliphatic rings. The number of ketones is 1. The van der Waals surface area contributed by atoms with Gasteiger partial charge in [-0.25, -0.2) is 4.68 Å². The predicted molar refractivity (Wildman–Crippen MR) is 102 cm³/mol. The molecular weight excluding hydrogens is 324 g/mol. The smallest absolute Gasteiger partial charge is 0.162 e. The third-order valence-electron chi connectivity index (χ3n) is 5.02. The van der Waals surface area contributed by atoms with Crippen LogP contribution < -0.4 is 5.32 Å². The summed E-state index contributed by atoms with van der Waals surface area (Å²) in [5.74, 6) is 0.264. The number of carbonyl (C=O) groups excluding carboxylic acids is 1. The summed E-state index contributed by atoms with van der Waals surface area (Å²) in [5.41, 5.74) is 4.10. The van der Waals surface area contributed by atoms with Gasteiger partial charge in [-0.2, -0.15) is 0 Å². The first-order chi connectivity index (χ1) is 12.7. The zero-order valence-electron chi connectivity index (χ0n) is 14.8. The maximum Gasteiger partial charge on any atom is 0.162 e. The van der Waals surface area contributed by atoms with Gasteiger partial charge >= 0.3 is 0 Å². The normalized spacial score (nSPS) is 19.7. The Balaban J connectivity index is 1.41. The van der Waals surface area contributed by atoms with Crippen molar-refractivity contribution in [2.24, 2.45) is 5.92 Å². The Morgan fingerprint density at radius 2 is 1.85 bits per heavy atom. The molecule has 5 heteroatoms. The van der Waals surface area contributed by atoms with E-state index in [0.717, 1.165) is 29.8 Å². The molecule has 1 aromatic heterocycles. The summed E-state index contributed by atoms with van der Waals surface area (Å²) in [6.07, 6.45) is 3.58. The van der Waals surface area contributed by atoms with Crippen molar-refractivity contribution in [3.05, 3.63) is 66.4 Å². The van der Waals surface area contributed by atoms with Gasteiger partial charge in [0.05, 0.1) is 6.20 Å². The quantitative estimate of drug-likeness (QED) is 0.761. The summed E-state index contributed by atoms with van der Waals surface area (Å²) in [6, 6.07) is 18.0. The average molecular weight is 346 g/mol. The molecule has 2 atom stereocenters. The van der Waals surface area contributed by atoms with E-state index in [-0.39, 0.29) is 17.7 Å². The zero-order chi connectivity index (χ0) is 17.9. The van der Waals surface area contributed by atoms with Crippen LogP contribution in [-0.2, 0) is 4.79 Å². The minimum atomic E-state index is -0.204. The van der Waals surface area contributed by atoms with Crippen LogP contribution in [0, 0.1) is 12.8 Å². The Hall–Kier alpha value is -2.95. The molecule has 0 radical (unpaired) electrons. The zero-order valence-corrected chi connectivity index (χ0v) is 14.8. The van der Waals surface area contributed by atoms with Crippen LogP contribution in [0.1, 0.15) is 24.4 Å². The number of nitrogens with one attached hydrogen (secondary N) is 1. The van der Waals surface area contributed by atoms with Crippen LogP contribution in [0.2, 0.25) is 0 Å². The molecule has 0 amide bonds. The summed E-state index contributed by atoms with van der Waals surface area (Å²) >= 11 is 0. The van der Waals surface area contributed by atoms with E-state index in [0.29, 0.717) is 6.54 Å². The molecule has 1 saturated carbocycles. The lowest BCUT2D eigenvalue weighted by molar-refractivity contribution is -0.123. The third-order valence-corrected chi connectivity index (χ3v) is 5.02. The fourth-order valence-corrected chi connectivity index (χ4v) is 3.46. The van der Waals surface area contributed by atoms with Gasteiger partial charge in [0.2, 0.25) is 0 Å². The third kappa shape index (κ3) is 3.38. The number of hydrogen-bond acceptors (Lipinski definition) is 4. The molecule has 0 saturated heterocycles. The van der Waals surface area contributed by atoms with Crippen LogP contribution in [0.5, 0.6) is 0 Å². The molecule has 1 fully saturated rings. The van der Waals surface area contributed by atoms with Crippen molar-refractivity contribution >= 4 is 11.5 Å². The summed E-state index contributed by atoms with van der Waals surface area (Å²) < 4.78 is 1.73. The Bertz CT molecular complexity index is 886. The number of benzene rings is 2. The van der Waals surface area contributed by atoms with Crippen LogP contribution in [0.3, 0.4) is 0 Å². The molecular formula is C21H22N4O. The number of aryl methyl sites for hydroxylation is 1. The van der Waals surface area contributed by atoms with E-state index >= 15 is 0 Å². The topological polar surface area (TPSA) is 59.8 Å². The Morgan fingerprint density at radius 1 is 1.08 bits per heavy atom. The summed E-state index contributed by atoms with van der Waals surface area (Å²) in [6.45, 7) is 2.73. The van der Waals surface area contributed by atoms with Crippen LogP contribution in [0.15, 0.2) is 60.8 Å². The number of carbonyl (C=O) groups is 1. The fourth-order valence-electron chi connectivity index (χ4n) is 3.46. The van der Waals surface area contributed by atoms with Gasteiger partial charge in [0.1, 0.15) is 11.7 Å². The van der Waals surface area contributed by atoms with E-state index in [4.69, 9.17) is 0 Å². The molecule has 1 unspecified atom stereocenters. The van der Waals surface area contributed by atoms with E-state index in [1.807, 2.05) is 36.5 Å². The molecule has 0 aliphatic heterocycles. The number of Topliss-reactive ketones (excluding diaryl/α,β-unsaturated/α-hetero) is 1. The Kier molecular flexibility index (Phi) is 4.52. The predicted octanol–water partition coefficient (Wildman–Crippen LogP) is 3.89. The molecule has 4 rings (SSSR count). The molecule has 1 aliphatic carbocycles. The van der Waals surface area contributed by atoms with Crippen molar-refractivity contribution in [1.29, 1.82) is 0 Å². The van der Waals surface area contributed by atoms with Crippen LogP contribution in [-0.4, -0.2) is 27.3 Å². The van der Waals surface area contributed by atoms with Crippen molar-refractivity contribution in [3.8, 4) is 11.3 Å². The van der Waals surface area contributed by atoms with Gasteiger partial charge < -0.3 is 5.32 Å². The Labute approximate surface area is 153 Å². The number of anilines is 1. The van der Waals surface area contributed by atoms with Crippen molar-refractivity contribution in [2.75, 3.05) is 11.9 Å². The van der Waals surface area contributed by atoms with Crippen LogP contribution in [0.25, 0.3) is 11.3 Å². The first kappa shape index (κ1) is 16.5. The second-order valence-electron chi connectivity index (χ2n) is 6.89. The highest BCUT2D eigenvalue weighted by Gasteiger charge is 2.35. The van der Waals surface area contributed by atoms with E-state index in [1.165, 1.54) is 5.56 Å².